The van der Waals surface area contributed by atoms with Crippen LogP contribution in [0.2, 0.25) is 0 Å². The number of carbonyl (C=O) groups excluding carboxylic acids is 1. The van der Waals surface area contributed by atoms with Gasteiger partial charge in [-0.15, -0.1) is 4.58 Å². The summed E-state index contributed by atoms with van der Waals surface area (Å²) in [4.78, 5) is 16.1. The second-order valence-electron chi connectivity index (χ2n) is 3.06. The van der Waals surface area contributed by atoms with E-state index in [4.69, 9.17) is 16.6 Å². The molecule has 0 saturated carbocycles. The van der Waals surface area contributed by atoms with Gasteiger partial charge in [-0.3, -0.25) is 9.63 Å². The van der Waals surface area contributed by atoms with Gasteiger partial charge in [-0.25, -0.2) is 0 Å². The summed E-state index contributed by atoms with van der Waals surface area (Å²) >= 11 is 5.56. The van der Waals surface area contributed by atoms with Crippen LogP contribution in [-0.2, 0) is 16.1 Å². The molecule has 15 heavy (non-hydrogen) atoms. The van der Waals surface area contributed by atoms with Crippen LogP contribution >= 0.6 is 11.8 Å². The Morgan fingerprint density at radius 3 is 2.67 bits per heavy atom. The Kier molecular flexibility index (Phi) is 5.15. The van der Waals surface area contributed by atoms with Crippen LogP contribution in [-0.4, -0.2) is 17.1 Å². The topological polar surface area (TPSA) is 29.5 Å². The maximum Gasteiger partial charge on any atom is 0.261 e. The standard InChI is InChI=1S/C11H14ClNO2/c1-2-11(14)13(12)15-9-8-10-6-4-3-5-7-10/h3-7H,2,8-9H2,1H3. The SMILES string of the molecule is CCC(=O)N(Cl)OCCc1ccccc1. The van der Waals surface area contributed by atoms with Crippen molar-refractivity contribution in [1.82, 2.24) is 4.58 Å². The second kappa shape index (κ2) is 6.43. The largest absolute Gasteiger partial charge is 0.271 e. The lowest BCUT2D eigenvalue weighted by Crippen LogP contribution is -2.21. The Bertz CT molecular complexity index is 303. The van der Waals surface area contributed by atoms with Gasteiger partial charge in [0.1, 0.15) is 0 Å². The number of hydrogen-bond acceptors (Lipinski definition) is 2. The first-order valence-electron chi connectivity index (χ1n) is 4.89. The van der Waals surface area contributed by atoms with Crippen LogP contribution in [0.25, 0.3) is 0 Å². The zero-order valence-corrected chi connectivity index (χ0v) is 9.41. The third-order valence-electron chi connectivity index (χ3n) is 1.94. The molecule has 0 spiro atoms. The number of halogens is 1. The predicted molar refractivity (Wildman–Crippen MR) is 59.1 cm³/mol. The Balaban J connectivity index is 2.25. The summed E-state index contributed by atoms with van der Waals surface area (Å²) in [5, 5.41) is 0. The van der Waals surface area contributed by atoms with E-state index in [-0.39, 0.29) is 5.91 Å². The van der Waals surface area contributed by atoms with Gasteiger partial charge in [0.2, 0.25) is 0 Å². The molecule has 0 heterocycles. The first-order chi connectivity index (χ1) is 7.24. The number of amides is 1. The number of nitrogens with zero attached hydrogens (tertiary/aromatic N) is 1. The Labute approximate surface area is 94.7 Å². The average Bonchev–Trinajstić information content (AvgIpc) is 2.29. The highest BCUT2D eigenvalue weighted by molar-refractivity contribution is 6.20. The van der Waals surface area contributed by atoms with Crippen LogP contribution in [0.4, 0.5) is 0 Å². The summed E-state index contributed by atoms with van der Waals surface area (Å²) in [6.45, 7) is 2.14. The first kappa shape index (κ1) is 12.0. The molecule has 0 aliphatic rings. The highest BCUT2D eigenvalue weighted by Crippen LogP contribution is 2.03. The van der Waals surface area contributed by atoms with Crippen LogP contribution in [0.1, 0.15) is 18.9 Å². The molecule has 0 aromatic heterocycles. The number of benzene rings is 1. The fraction of sp³-hybridized carbons (Fsp3) is 0.364. The van der Waals surface area contributed by atoms with Gasteiger partial charge < -0.3 is 0 Å². The molecule has 0 aliphatic heterocycles. The van der Waals surface area contributed by atoms with E-state index in [0.717, 1.165) is 16.6 Å². The normalized spacial score (nSPS) is 10.0. The maximum atomic E-state index is 11.0. The second-order valence-corrected chi connectivity index (χ2v) is 3.37. The minimum Gasteiger partial charge on any atom is -0.271 e. The monoisotopic (exact) mass is 227 g/mol. The van der Waals surface area contributed by atoms with Crippen LogP contribution in [0.15, 0.2) is 30.3 Å². The molecule has 0 radical (unpaired) electrons. The van der Waals surface area contributed by atoms with Crippen molar-refractivity contribution < 1.29 is 9.63 Å². The Morgan fingerprint density at radius 1 is 1.40 bits per heavy atom. The molecule has 0 N–H and O–H groups in total. The van der Waals surface area contributed by atoms with Crippen molar-refractivity contribution in [3.05, 3.63) is 35.9 Å². The smallest absolute Gasteiger partial charge is 0.261 e. The number of hydrogen-bond donors (Lipinski definition) is 0. The van der Waals surface area contributed by atoms with E-state index in [1.807, 2.05) is 30.3 Å². The molecule has 0 fully saturated rings. The lowest BCUT2D eigenvalue weighted by atomic mass is 10.2. The molecule has 0 saturated heterocycles. The molecule has 82 valence electrons. The van der Waals surface area contributed by atoms with Crippen LogP contribution in [0, 0.1) is 0 Å². The number of hydroxylamine groups is 1. The summed E-state index contributed by atoms with van der Waals surface area (Å²) in [6.07, 6.45) is 1.08. The zero-order valence-electron chi connectivity index (χ0n) is 8.65. The van der Waals surface area contributed by atoms with Crippen molar-refractivity contribution in [2.75, 3.05) is 6.61 Å². The summed E-state index contributed by atoms with van der Waals surface area (Å²) < 4.78 is 0.781. The van der Waals surface area contributed by atoms with Gasteiger partial charge >= 0.3 is 0 Å². The van der Waals surface area contributed by atoms with Gasteiger partial charge in [-0.05, 0) is 12.0 Å². The van der Waals surface area contributed by atoms with Crippen LogP contribution < -0.4 is 0 Å². The molecule has 3 nitrogen and oxygen atoms in total. The van der Waals surface area contributed by atoms with Crippen LogP contribution in [0.3, 0.4) is 0 Å². The van der Waals surface area contributed by atoms with Gasteiger partial charge in [0.05, 0.1) is 6.61 Å². The minimum atomic E-state index is -0.232. The first-order valence-corrected chi connectivity index (χ1v) is 5.23. The third-order valence-corrected chi connectivity index (χ3v) is 2.22. The Morgan fingerprint density at radius 2 is 2.07 bits per heavy atom. The van der Waals surface area contributed by atoms with E-state index in [0.29, 0.717) is 13.0 Å². The summed E-state index contributed by atoms with van der Waals surface area (Å²) in [5.41, 5.74) is 1.16. The van der Waals surface area contributed by atoms with Crippen LogP contribution in [0.5, 0.6) is 0 Å². The highest BCUT2D eigenvalue weighted by atomic mass is 35.5. The average molecular weight is 228 g/mol. The predicted octanol–water partition coefficient (Wildman–Crippen LogP) is 2.55. The molecule has 0 aliphatic carbocycles. The van der Waals surface area contributed by atoms with Crippen molar-refractivity contribution in [3.63, 3.8) is 0 Å². The summed E-state index contributed by atoms with van der Waals surface area (Å²) in [5.74, 6) is -0.232. The summed E-state index contributed by atoms with van der Waals surface area (Å²) in [6, 6.07) is 9.89. The molecule has 4 heteroatoms. The molecule has 1 aromatic rings. The maximum absolute atomic E-state index is 11.0. The third kappa shape index (κ3) is 4.32. The quantitative estimate of drug-likeness (QED) is 0.572. The van der Waals surface area contributed by atoms with E-state index in [1.54, 1.807) is 6.92 Å². The molecule has 1 rings (SSSR count). The highest BCUT2D eigenvalue weighted by Gasteiger charge is 2.08. The lowest BCUT2D eigenvalue weighted by molar-refractivity contribution is -0.158. The number of rotatable bonds is 5. The fourth-order valence-corrected chi connectivity index (χ4v) is 1.27. The summed E-state index contributed by atoms with van der Waals surface area (Å²) in [7, 11) is 0. The molecule has 1 aromatic carbocycles. The molecule has 0 bridgehead atoms. The van der Waals surface area contributed by atoms with Crippen molar-refractivity contribution in [2.45, 2.75) is 19.8 Å². The van der Waals surface area contributed by atoms with E-state index in [1.165, 1.54) is 0 Å². The molecular formula is C11H14ClNO2. The minimum absolute atomic E-state index is 0.232. The van der Waals surface area contributed by atoms with Gasteiger partial charge in [-0.2, -0.15) is 0 Å². The Hall–Kier alpha value is -1.06. The van der Waals surface area contributed by atoms with E-state index < -0.39 is 0 Å². The fourth-order valence-electron chi connectivity index (χ4n) is 1.08. The van der Waals surface area contributed by atoms with Crippen molar-refractivity contribution in [3.8, 4) is 0 Å². The van der Waals surface area contributed by atoms with Crippen molar-refractivity contribution >= 4 is 17.7 Å². The molecule has 1 amide bonds. The van der Waals surface area contributed by atoms with Crippen molar-refractivity contribution in [1.29, 1.82) is 0 Å². The molecule has 0 atom stereocenters. The van der Waals surface area contributed by atoms with Gasteiger partial charge in [0, 0.05) is 18.2 Å². The molecular weight excluding hydrogens is 214 g/mol. The molecule has 0 unspecified atom stereocenters. The lowest BCUT2D eigenvalue weighted by Gasteiger charge is -2.11. The number of carbonyl (C=O) groups is 1. The van der Waals surface area contributed by atoms with E-state index in [2.05, 4.69) is 0 Å². The van der Waals surface area contributed by atoms with Gasteiger partial charge in [0.25, 0.3) is 5.91 Å². The van der Waals surface area contributed by atoms with Gasteiger partial charge in [-0.1, -0.05) is 37.3 Å². The van der Waals surface area contributed by atoms with E-state index >= 15 is 0 Å². The van der Waals surface area contributed by atoms with Gasteiger partial charge in [0.15, 0.2) is 0 Å². The van der Waals surface area contributed by atoms with E-state index in [9.17, 15) is 4.79 Å². The zero-order chi connectivity index (χ0) is 11.1. The van der Waals surface area contributed by atoms with Crippen molar-refractivity contribution in [2.24, 2.45) is 0 Å².